The Balaban J connectivity index is 3.01. The number of para-hydroxylation sites is 1. The highest BCUT2D eigenvalue weighted by Gasteiger charge is 1.93. The summed E-state index contributed by atoms with van der Waals surface area (Å²) in [6.07, 6.45) is 0. The number of nitrogens with two attached hydrogens (primary N) is 1. The molecule has 0 atom stereocenters. The van der Waals surface area contributed by atoms with Crippen molar-refractivity contribution in [3.8, 4) is 5.75 Å². The highest BCUT2D eigenvalue weighted by atomic mass is 32.2. The van der Waals surface area contributed by atoms with E-state index in [0.717, 1.165) is 11.9 Å². The van der Waals surface area contributed by atoms with Crippen molar-refractivity contribution in [3.63, 3.8) is 0 Å². The zero-order valence-corrected chi connectivity index (χ0v) is 5.56. The summed E-state index contributed by atoms with van der Waals surface area (Å²) in [7, 11) is 0. The van der Waals surface area contributed by atoms with Crippen molar-refractivity contribution in [1.82, 2.24) is 0 Å². The maximum Gasteiger partial charge on any atom is 0.130 e. The van der Waals surface area contributed by atoms with Gasteiger partial charge in [-0.1, -0.05) is 12.1 Å². The second-order valence-corrected chi connectivity index (χ2v) is 2.26. The Hall–Kier alpha value is -0.670. The fourth-order valence-electron chi connectivity index (χ4n) is 0.557. The summed E-state index contributed by atoms with van der Waals surface area (Å²) in [5, 5.41) is 14.2. The molecular formula is C6H7NOS. The van der Waals surface area contributed by atoms with Crippen LogP contribution in [0, 0.1) is 0 Å². The molecule has 0 amide bonds. The molecule has 0 radical (unpaired) electrons. The summed E-state index contributed by atoms with van der Waals surface area (Å²) in [6, 6.07) is 6.96. The van der Waals surface area contributed by atoms with Crippen LogP contribution in [0.4, 0.5) is 0 Å². The van der Waals surface area contributed by atoms with Gasteiger partial charge in [0.15, 0.2) is 0 Å². The monoisotopic (exact) mass is 141 g/mol. The zero-order valence-electron chi connectivity index (χ0n) is 4.74. The van der Waals surface area contributed by atoms with Crippen LogP contribution >= 0.6 is 11.9 Å². The molecule has 9 heavy (non-hydrogen) atoms. The van der Waals surface area contributed by atoms with Crippen LogP contribution in [0.5, 0.6) is 5.75 Å². The predicted octanol–water partition coefficient (Wildman–Crippen LogP) is 1.36. The van der Waals surface area contributed by atoms with Crippen LogP contribution in [-0.4, -0.2) is 5.11 Å². The average molecular weight is 141 g/mol. The van der Waals surface area contributed by atoms with Crippen LogP contribution in [0.1, 0.15) is 0 Å². The molecule has 0 spiro atoms. The number of hydrogen-bond donors (Lipinski definition) is 2. The van der Waals surface area contributed by atoms with Gasteiger partial charge < -0.3 is 5.11 Å². The van der Waals surface area contributed by atoms with Crippen molar-refractivity contribution < 1.29 is 5.11 Å². The standard InChI is InChI=1S/C6H7NOS/c7-9-6-4-2-1-3-5(6)8/h1-4,8H,7H2. The first kappa shape index (κ1) is 6.45. The first-order valence-electron chi connectivity index (χ1n) is 2.49. The third-order valence-corrected chi connectivity index (χ3v) is 1.59. The number of rotatable bonds is 1. The van der Waals surface area contributed by atoms with Crippen molar-refractivity contribution >= 4 is 11.9 Å². The first-order valence-corrected chi connectivity index (χ1v) is 3.37. The molecule has 0 aromatic heterocycles. The Labute approximate surface area is 57.8 Å². The normalized spacial score (nSPS) is 9.44. The molecule has 1 rings (SSSR count). The lowest BCUT2D eigenvalue weighted by Gasteiger charge is -1.96. The van der Waals surface area contributed by atoms with Crippen molar-refractivity contribution in [3.05, 3.63) is 24.3 Å². The predicted molar refractivity (Wildman–Crippen MR) is 38.2 cm³/mol. The lowest BCUT2D eigenvalue weighted by molar-refractivity contribution is 0.462. The highest BCUT2D eigenvalue weighted by Crippen LogP contribution is 2.22. The third-order valence-electron chi connectivity index (χ3n) is 0.992. The van der Waals surface area contributed by atoms with E-state index in [2.05, 4.69) is 0 Å². The molecular weight excluding hydrogens is 134 g/mol. The fraction of sp³-hybridized carbons (Fsp3) is 0. The summed E-state index contributed by atoms with van der Waals surface area (Å²) in [6.45, 7) is 0. The van der Waals surface area contributed by atoms with Crippen LogP contribution < -0.4 is 5.14 Å². The molecule has 2 nitrogen and oxygen atoms in total. The Morgan fingerprint density at radius 1 is 1.33 bits per heavy atom. The van der Waals surface area contributed by atoms with Crippen molar-refractivity contribution in [2.75, 3.05) is 0 Å². The molecule has 0 unspecified atom stereocenters. The number of aromatic hydroxyl groups is 1. The van der Waals surface area contributed by atoms with Crippen molar-refractivity contribution in [2.45, 2.75) is 4.90 Å². The summed E-state index contributed by atoms with van der Waals surface area (Å²) in [5.74, 6) is 0.241. The van der Waals surface area contributed by atoms with E-state index in [1.54, 1.807) is 18.2 Å². The molecule has 1 aromatic rings. The smallest absolute Gasteiger partial charge is 0.130 e. The summed E-state index contributed by atoms with van der Waals surface area (Å²) in [4.78, 5) is 0.706. The third kappa shape index (κ3) is 1.37. The summed E-state index contributed by atoms with van der Waals surface area (Å²) in [5.41, 5.74) is 0. The maximum atomic E-state index is 9.01. The van der Waals surface area contributed by atoms with Gasteiger partial charge in [0.2, 0.25) is 0 Å². The van der Waals surface area contributed by atoms with E-state index in [0.29, 0.717) is 4.90 Å². The van der Waals surface area contributed by atoms with Gasteiger partial charge in [-0.2, -0.15) is 0 Å². The second kappa shape index (κ2) is 2.75. The molecule has 0 fully saturated rings. The van der Waals surface area contributed by atoms with Gasteiger partial charge in [0.05, 0.1) is 4.90 Å². The number of benzene rings is 1. The molecule has 0 bridgehead atoms. The first-order chi connectivity index (χ1) is 4.34. The molecule has 0 aliphatic rings. The van der Waals surface area contributed by atoms with E-state index in [4.69, 9.17) is 10.2 Å². The Morgan fingerprint density at radius 2 is 2.00 bits per heavy atom. The lowest BCUT2D eigenvalue weighted by Crippen LogP contribution is -1.78. The molecule has 3 N–H and O–H groups in total. The Kier molecular flexibility index (Phi) is 1.97. The van der Waals surface area contributed by atoms with E-state index >= 15 is 0 Å². The average Bonchev–Trinajstić information content (AvgIpc) is 1.89. The van der Waals surface area contributed by atoms with E-state index in [1.807, 2.05) is 6.07 Å². The SMILES string of the molecule is NSc1ccccc1O. The van der Waals surface area contributed by atoms with E-state index in [1.165, 1.54) is 0 Å². The minimum absolute atomic E-state index is 0.241. The van der Waals surface area contributed by atoms with Gasteiger partial charge in [0.25, 0.3) is 0 Å². The van der Waals surface area contributed by atoms with Gasteiger partial charge in [-0.05, 0) is 24.1 Å². The largest absolute Gasteiger partial charge is 0.507 e. The van der Waals surface area contributed by atoms with Gasteiger partial charge in [-0.25, -0.2) is 0 Å². The molecule has 48 valence electrons. The van der Waals surface area contributed by atoms with Crippen LogP contribution in [0.3, 0.4) is 0 Å². The fourth-order valence-corrected chi connectivity index (χ4v) is 0.903. The number of phenolic OH excluding ortho intramolecular Hbond substituents is 1. The van der Waals surface area contributed by atoms with E-state index in [9.17, 15) is 0 Å². The minimum atomic E-state index is 0.241. The molecule has 0 aliphatic carbocycles. The molecule has 3 heteroatoms. The minimum Gasteiger partial charge on any atom is -0.507 e. The van der Waals surface area contributed by atoms with Crippen LogP contribution in [0.25, 0.3) is 0 Å². The molecule has 0 saturated heterocycles. The van der Waals surface area contributed by atoms with Gasteiger partial charge in [-0.15, -0.1) is 0 Å². The Morgan fingerprint density at radius 3 is 2.44 bits per heavy atom. The van der Waals surface area contributed by atoms with Crippen LogP contribution in [-0.2, 0) is 0 Å². The van der Waals surface area contributed by atoms with Crippen molar-refractivity contribution in [2.24, 2.45) is 5.14 Å². The van der Waals surface area contributed by atoms with Gasteiger partial charge >= 0.3 is 0 Å². The van der Waals surface area contributed by atoms with Crippen LogP contribution in [0.15, 0.2) is 29.2 Å². The van der Waals surface area contributed by atoms with Gasteiger partial charge in [0, 0.05) is 0 Å². The van der Waals surface area contributed by atoms with Crippen molar-refractivity contribution in [1.29, 1.82) is 0 Å². The van der Waals surface area contributed by atoms with Gasteiger partial charge in [-0.3, -0.25) is 5.14 Å². The Bertz CT molecular complexity index is 202. The quantitative estimate of drug-likeness (QED) is 0.580. The van der Waals surface area contributed by atoms with E-state index < -0.39 is 0 Å². The highest BCUT2D eigenvalue weighted by molar-refractivity contribution is 7.97. The lowest BCUT2D eigenvalue weighted by atomic mass is 10.3. The van der Waals surface area contributed by atoms with Gasteiger partial charge in [0.1, 0.15) is 5.75 Å². The second-order valence-electron chi connectivity index (χ2n) is 1.59. The maximum absolute atomic E-state index is 9.01. The van der Waals surface area contributed by atoms with Crippen LogP contribution in [0.2, 0.25) is 0 Å². The number of phenols is 1. The van der Waals surface area contributed by atoms with E-state index in [-0.39, 0.29) is 5.75 Å². The number of hydrogen-bond acceptors (Lipinski definition) is 3. The molecule has 1 aromatic carbocycles. The summed E-state index contributed by atoms with van der Waals surface area (Å²) < 4.78 is 0. The topological polar surface area (TPSA) is 46.2 Å². The zero-order chi connectivity index (χ0) is 6.69. The molecule has 0 saturated carbocycles. The molecule has 0 aliphatic heterocycles. The summed E-state index contributed by atoms with van der Waals surface area (Å²) >= 11 is 1.05. The molecule has 0 heterocycles.